The molecule has 0 amide bonds. The number of unbranched alkanes of at least 4 members (excludes halogenated alkanes) is 3. The summed E-state index contributed by atoms with van der Waals surface area (Å²) in [5, 5.41) is 0. The number of halogens is 1. The number of sulfone groups is 1. The van der Waals surface area contributed by atoms with Crippen molar-refractivity contribution in [1.82, 2.24) is 0 Å². The molecule has 16 heavy (non-hydrogen) atoms. The third-order valence-electron chi connectivity index (χ3n) is 2.15. The first kappa shape index (κ1) is 15.8. The minimum absolute atomic E-state index is 0.0494. The molecule has 0 radical (unpaired) electrons. The Bertz CT molecular complexity index is 372. The Balaban J connectivity index is 3.75. The van der Waals surface area contributed by atoms with Crippen LogP contribution in [-0.4, -0.2) is 34.1 Å². The molecule has 0 unspecified atom stereocenters. The van der Waals surface area contributed by atoms with Gasteiger partial charge in [0, 0.05) is 0 Å². The summed E-state index contributed by atoms with van der Waals surface area (Å²) in [4.78, 5) is 0. The Morgan fingerprint density at radius 2 is 1.25 bits per heavy atom. The fourth-order valence-electron chi connectivity index (χ4n) is 1.27. The van der Waals surface area contributed by atoms with Crippen LogP contribution in [0, 0.1) is 0 Å². The van der Waals surface area contributed by atoms with Crippen LogP contribution in [0.5, 0.6) is 0 Å². The van der Waals surface area contributed by atoms with Gasteiger partial charge in [0.15, 0.2) is 0 Å². The van der Waals surface area contributed by atoms with E-state index in [-0.39, 0.29) is 24.3 Å². The summed E-state index contributed by atoms with van der Waals surface area (Å²) in [6.07, 6.45) is 2.73. The van der Waals surface area contributed by atoms with E-state index in [4.69, 9.17) is 0 Å². The topological polar surface area (TPSA) is 68.3 Å². The SMILES string of the molecule is CCCCCS(=O)(=O)CCCCS(=O)(=O)F. The zero-order valence-electron chi connectivity index (χ0n) is 9.48. The van der Waals surface area contributed by atoms with E-state index in [1.54, 1.807) is 0 Å². The van der Waals surface area contributed by atoms with E-state index in [0.717, 1.165) is 12.8 Å². The summed E-state index contributed by atoms with van der Waals surface area (Å²) >= 11 is 0. The molecule has 0 atom stereocenters. The highest BCUT2D eigenvalue weighted by Crippen LogP contribution is 2.05. The van der Waals surface area contributed by atoms with Crippen LogP contribution in [0.3, 0.4) is 0 Å². The maximum atomic E-state index is 12.1. The van der Waals surface area contributed by atoms with Crippen molar-refractivity contribution in [3.8, 4) is 0 Å². The second-order valence-electron chi connectivity index (χ2n) is 3.81. The third kappa shape index (κ3) is 10.4. The molecule has 0 saturated carbocycles. The normalized spacial score (nSPS) is 12.9. The molecule has 0 aliphatic carbocycles. The lowest BCUT2D eigenvalue weighted by molar-refractivity contribution is 0.547. The highest BCUT2D eigenvalue weighted by Gasteiger charge is 2.12. The van der Waals surface area contributed by atoms with E-state index in [1.165, 1.54) is 0 Å². The molecular formula is C9H19FO4S2. The second kappa shape index (κ2) is 7.21. The second-order valence-corrected chi connectivity index (χ2v) is 7.60. The lowest BCUT2D eigenvalue weighted by atomic mass is 10.3. The minimum Gasteiger partial charge on any atom is -0.229 e. The maximum absolute atomic E-state index is 12.1. The van der Waals surface area contributed by atoms with Gasteiger partial charge in [-0.2, -0.15) is 8.42 Å². The van der Waals surface area contributed by atoms with Crippen LogP contribution >= 0.6 is 0 Å². The zero-order chi connectivity index (χ0) is 12.7. The van der Waals surface area contributed by atoms with Crippen LogP contribution in [0.25, 0.3) is 0 Å². The average Bonchev–Trinajstić information content (AvgIpc) is 2.11. The van der Waals surface area contributed by atoms with Crippen molar-refractivity contribution >= 4 is 20.1 Å². The van der Waals surface area contributed by atoms with Crippen LogP contribution in [-0.2, 0) is 20.1 Å². The van der Waals surface area contributed by atoms with Crippen molar-refractivity contribution in [1.29, 1.82) is 0 Å². The number of hydrogen-bond acceptors (Lipinski definition) is 4. The van der Waals surface area contributed by atoms with Crippen LogP contribution in [0.15, 0.2) is 0 Å². The Labute approximate surface area is 97.4 Å². The van der Waals surface area contributed by atoms with Gasteiger partial charge in [0.25, 0.3) is 0 Å². The molecule has 0 spiro atoms. The monoisotopic (exact) mass is 274 g/mol. The highest BCUT2D eigenvalue weighted by molar-refractivity contribution is 7.91. The van der Waals surface area contributed by atoms with Gasteiger partial charge in [0.1, 0.15) is 9.84 Å². The summed E-state index contributed by atoms with van der Waals surface area (Å²) in [5.74, 6) is -0.493. The predicted molar refractivity (Wildman–Crippen MR) is 62.3 cm³/mol. The predicted octanol–water partition coefficient (Wildman–Crippen LogP) is 1.67. The summed E-state index contributed by atoms with van der Waals surface area (Å²) in [6.45, 7) is 1.98. The maximum Gasteiger partial charge on any atom is 0.302 e. The van der Waals surface area contributed by atoms with Gasteiger partial charge < -0.3 is 0 Å². The first-order valence-electron chi connectivity index (χ1n) is 5.39. The summed E-state index contributed by atoms with van der Waals surface area (Å²) < 4.78 is 55.2. The van der Waals surface area contributed by atoms with E-state index in [9.17, 15) is 20.7 Å². The van der Waals surface area contributed by atoms with Crippen molar-refractivity contribution < 1.29 is 20.7 Å². The van der Waals surface area contributed by atoms with Crippen LogP contribution < -0.4 is 0 Å². The van der Waals surface area contributed by atoms with E-state index >= 15 is 0 Å². The van der Waals surface area contributed by atoms with Gasteiger partial charge >= 0.3 is 10.2 Å². The zero-order valence-corrected chi connectivity index (χ0v) is 11.1. The van der Waals surface area contributed by atoms with Gasteiger partial charge in [0.2, 0.25) is 0 Å². The quantitative estimate of drug-likeness (QED) is 0.474. The Morgan fingerprint density at radius 1 is 0.812 bits per heavy atom. The van der Waals surface area contributed by atoms with Gasteiger partial charge in [-0.25, -0.2) is 8.42 Å². The number of rotatable bonds is 9. The molecule has 0 N–H and O–H groups in total. The van der Waals surface area contributed by atoms with Gasteiger partial charge in [-0.15, -0.1) is 3.89 Å². The molecule has 0 aromatic carbocycles. The largest absolute Gasteiger partial charge is 0.302 e. The van der Waals surface area contributed by atoms with E-state index in [0.29, 0.717) is 6.42 Å². The van der Waals surface area contributed by atoms with Crippen molar-refractivity contribution in [2.24, 2.45) is 0 Å². The van der Waals surface area contributed by atoms with E-state index in [1.807, 2.05) is 6.92 Å². The molecule has 0 aliphatic heterocycles. The lowest BCUT2D eigenvalue weighted by Crippen LogP contribution is -2.12. The molecule has 0 saturated heterocycles. The molecule has 4 nitrogen and oxygen atoms in total. The standard InChI is InChI=1S/C9H19FO4S2/c1-2-3-4-7-15(11,12)8-5-6-9-16(10,13)14/h2-9H2,1H3. The Morgan fingerprint density at radius 3 is 1.69 bits per heavy atom. The van der Waals surface area contributed by atoms with E-state index in [2.05, 4.69) is 0 Å². The molecule has 0 fully saturated rings. The molecule has 0 rings (SSSR count). The third-order valence-corrected chi connectivity index (χ3v) is 4.75. The van der Waals surface area contributed by atoms with Gasteiger partial charge in [-0.05, 0) is 19.3 Å². The molecule has 0 bridgehead atoms. The molecular weight excluding hydrogens is 255 g/mol. The van der Waals surface area contributed by atoms with Crippen molar-refractivity contribution in [2.45, 2.75) is 39.0 Å². The molecule has 0 aromatic heterocycles. The molecule has 0 heterocycles. The summed E-state index contributed by atoms with van der Waals surface area (Å²) in [7, 11) is -7.55. The Kier molecular flexibility index (Phi) is 7.14. The summed E-state index contributed by atoms with van der Waals surface area (Å²) in [6, 6.07) is 0. The van der Waals surface area contributed by atoms with Crippen molar-refractivity contribution in [2.75, 3.05) is 17.3 Å². The van der Waals surface area contributed by atoms with Crippen LogP contribution in [0.1, 0.15) is 39.0 Å². The lowest BCUT2D eigenvalue weighted by Gasteiger charge is -2.02. The summed E-state index contributed by atoms with van der Waals surface area (Å²) in [5.41, 5.74) is 0. The highest BCUT2D eigenvalue weighted by atomic mass is 32.3. The van der Waals surface area contributed by atoms with Gasteiger partial charge in [-0.3, -0.25) is 0 Å². The molecule has 98 valence electrons. The fraction of sp³-hybridized carbons (Fsp3) is 1.00. The number of hydrogen-bond donors (Lipinski definition) is 0. The first-order chi connectivity index (χ1) is 7.27. The van der Waals surface area contributed by atoms with Crippen LogP contribution in [0.4, 0.5) is 3.89 Å². The Hall–Kier alpha value is -0.170. The minimum atomic E-state index is -4.46. The average molecular weight is 274 g/mol. The smallest absolute Gasteiger partial charge is 0.229 e. The van der Waals surface area contributed by atoms with Crippen molar-refractivity contribution in [3.05, 3.63) is 0 Å². The van der Waals surface area contributed by atoms with Gasteiger partial charge in [-0.1, -0.05) is 19.8 Å². The van der Waals surface area contributed by atoms with Crippen LogP contribution in [0.2, 0.25) is 0 Å². The molecule has 0 aliphatic rings. The fourth-order valence-corrected chi connectivity index (χ4v) is 3.31. The molecule has 7 heteroatoms. The molecule has 0 aromatic rings. The van der Waals surface area contributed by atoms with E-state index < -0.39 is 25.8 Å². The van der Waals surface area contributed by atoms with Gasteiger partial charge in [0.05, 0.1) is 17.3 Å². The van der Waals surface area contributed by atoms with Crippen molar-refractivity contribution in [3.63, 3.8) is 0 Å². The first-order valence-corrected chi connectivity index (χ1v) is 8.77.